The SMILES string of the molecule is CCC(CO)Nc1nc(Cl)nc2scc(-c3ccc(C)cc3)c12. The summed E-state index contributed by atoms with van der Waals surface area (Å²) in [6.45, 7) is 4.13. The van der Waals surface area contributed by atoms with Crippen LogP contribution in [0.25, 0.3) is 21.3 Å². The second kappa shape index (κ2) is 6.83. The van der Waals surface area contributed by atoms with Crippen LogP contribution in [0.4, 0.5) is 5.82 Å². The smallest absolute Gasteiger partial charge is 0.225 e. The first-order valence-electron chi connectivity index (χ1n) is 7.51. The summed E-state index contributed by atoms with van der Waals surface area (Å²) in [7, 11) is 0. The molecule has 0 saturated heterocycles. The van der Waals surface area contributed by atoms with E-state index >= 15 is 0 Å². The lowest BCUT2D eigenvalue weighted by molar-refractivity contribution is 0.271. The average Bonchev–Trinajstić information content (AvgIpc) is 2.97. The molecule has 2 heterocycles. The third-order valence-corrected chi connectivity index (χ3v) is 4.86. The van der Waals surface area contributed by atoms with E-state index in [1.807, 2.05) is 6.92 Å². The number of halogens is 1. The van der Waals surface area contributed by atoms with Crippen LogP contribution in [0, 0.1) is 6.92 Å². The molecule has 1 atom stereocenters. The monoisotopic (exact) mass is 347 g/mol. The van der Waals surface area contributed by atoms with Crippen LogP contribution in [0.1, 0.15) is 18.9 Å². The summed E-state index contributed by atoms with van der Waals surface area (Å²) in [5.41, 5.74) is 3.42. The lowest BCUT2D eigenvalue weighted by atomic mass is 10.0. The number of rotatable bonds is 5. The summed E-state index contributed by atoms with van der Waals surface area (Å²) in [6, 6.07) is 8.31. The fourth-order valence-electron chi connectivity index (χ4n) is 2.44. The van der Waals surface area contributed by atoms with Crippen molar-refractivity contribution in [2.45, 2.75) is 26.3 Å². The molecule has 4 nitrogen and oxygen atoms in total. The van der Waals surface area contributed by atoms with Gasteiger partial charge in [0.05, 0.1) is 18.0 Å². The summed E-state index contributed by atoms with van der Waals surface area (Å²) < 4.78 is 0. The van der Waals surface area contributed by atoms with Gasteiger partial charge in [-0.1, -0.05) is 36.8 Å². The molecule has 120 valence electrons. The number of hydrogen-bond acceptors (Lipinski definition) is 5. The molecular formula is C17H18ClN3OS. The van der Waals surface area contributed by atoms with Crippen LogP contribution in [-0.4, -0.2) is 27.7 Å². The van der Waals surface area contributed by atoms with Gasteiger partial charge in [-0.15, -0.1) is 11.3 Å². The highest BCUT2D eigenvalue weighted by Crippen LogP contribution is 2.37. The fourth-order valence-corrected chi connectivity index (χ4v) is 3.60. The quantitative estimate of drug-likeness (QED) is 0.667. The number of aryl methyl sites for hydroxylation is 1. The van der Waals surface area contributed by atoms with Crippen molar-refractivity contribution in [3.8, 4) is 11.1 Å². The van der Waals surface area contributed by atoms with Crippen molar-refractivity contribution in [2.75, 3.05) is 11.9 Å². The molecule has 0 aliphatic carbocycles. The first-order valence-corrected chi connectivity index (χ1v) is 8.77. The Morgan fingerprint density at radius 3 is 2.65 bits per heavy atom. The number of hydrogen-bond donors (Lipinski definition) is 2. The molecule has 0 radical (unpaired) electrons. The van der Waals surface area contributed by atoms with Crippen molar-refractivity contribution >= 4 is 39.0 Å². The van der Waals surface area contributed by atoms with Crippen LogP contribution in [0.15, 0.2) is 29.6 Å². The first kappa shape index (κ1) is 16.2. The van der Waals surface area contributed by atoms with E-state index in [1.54, 1.807) is 11.3 Å². The van der Waals surface area contributed by atoms with E-state index in [-0.39, 0.29) is 17.9 Å². The zero-order valence-electron chi connectivity index (χ0n) is 13.0. The maximum atomic E-state index is 9.46. The molecule has 0 bridgehead atoms. The minimum absolute atomic E-state index is 0.0453. The van der Waals surface area contributed by atoms with Crippen molar-refractivity contribution in [3.05, 3.63) is 40.5 Å². The molecule has 1 unspecified atom stereocenters. The predicted octanol–water partition coefficient (Wildman–Crippen LogP) is 4.50. The topological polar surface area (TPSA) is 58.0 Å². The number of fused-ring (bicyclic) bond motifs is 1. The van der Waals surface area contributed by atoms with E-state index in [9.17, 15) is 5.11 Å². The number of aliphatic hydroxyl groups excluding tert-OH is 1. The fraction of sp³-hybridized carbons (Fsp3) is 0.294. The Hall–Kier alpha value is -1.69. The third kappa shape index (κ3) is 3.32. The molecule has 0 aliphatic heterocycles. The molecule has 0 fully saturated rings. The Balaban J connectivity index is 2.14. The molecule has 23 heavy (non-hydrogen) atoms. The van der Waals surface area contributed by atoms with Gasteiger partial charge in [-0.2, -0.15) is 0 Å². The summed E-state index contributed by atoms with van der Waals surface area (Å²) in [5.74, 6) is 0.678. The van der Waals surface area contributed by atoms with Crippen LogP contribution in [-0.2, 0) is 0 Å². The molecule has 0 amide bonds. The van der Waals surface area contributed by atoms with Gasteiger partial charge in [0.25, 0.3) is 0 Å². The molecule has 0 aliphatic rings. The van der Waals surface area contributed by atoms with Gasteiger partial charge in [0.2, 0.25) is 5.28 Å². The molecule has 3 aromatic rings. The van der Waals surface area contributed by atoms with Crippen molar-refractivity contribution in [1.29, 1.82) is 0 Å². The number of nitrogens with one attached hydrogen (secondary N) is 1. The van der Waals surface area contributed by atoms with Crippen LogP contribution < -0.4 is 5.32 Å². The second-order valence-corrected chi connectivity index (χ2v) is 6.67. The van der Waals surface area contributed by atoms with E-state index in [2.05, 4.69) is 51.9 Å². The molecule has 0 spiro atoms. The number of benzene rings is 1. The van der Waals surface area contributed by atoms with Crippen molar-refractivity contribution in [3.63, 3.8) is 0 Å². The number of thiophene rings is 1. The maximum Gasteiger partial charge on any atom is 0.225 e. The van der Waals surface area contributed by atoms with E-state index in [0.717, 1.165) is 27.8 Å². The Labute approximate surface area is 144 Å². The first-order chi connectivity index (χ1) is 11.1. The highest BCUT2D eigenvalue weighted by atomic mass is 35.5. The summed E-state index contributed by atoms with van der Waals surface area (Å²) in [4.78, 5) is 9.52. The average molecular weight is 348 g/mol. The lowest BCUT2D eigenvalue weighted by Crippen LogP contribution is -2.23. The summed E-state index contributed by atoms with van der Waals surface area (Å²) in [5, 5.41) is 16.0. The molecule has 1 aromatic carbocycles. The predicted molar refractivity (Wildman–Crippen MR) is 97.4 cm³/mol. The Morgan fingerprint density at radius 1 is 1.26 bits per heavy atom. The standard InChI is InChI=1S/C17H18ClN3OS/c1-3-12(8-22)19-15-14-13(11-6-4-10(2)5-7-11)9-23-16(14)21-17(18)20-15/h4-7,9,12,22H,3,8H2,1-2H3,(H,19,20,21). The minimum atomic E-state index is -0.0602. The van der Waals surface area contributed by atoms with Gasteiger partial charge < -0.3 is 10.4 Å². The third-order valence-electron chi connectivity index (χ3n) is 3.82. The number of anilines is 1. The Kier molecular flexibility index (Phi) is 4.80. The highest BCUT2D eigenvalue weighted by molar-refractivity contribution is 7.17. The molecule has 6 heteroatoms. The number of nitrogens with zero attached hydrogens (tertiary/aromatic N) is 2. The molecule has 2 N–H and O–H groups in total. The largest absolute Gasteiger partial charge is 0.394 e. The van der Waals surface area contributed by atoms with Crippen molar-refractivity contribution in [1.82, 2.24) is 9.97 Å². The molecule has 2 aromatic heterocycles. The Bertz CT molecular complexity index is 813. The molecular weight excluding hydrogens is 330 g/mol. The van der Waals surface area contributed by atoms with Gasteiger partial charge in [-0.25, -0.2) is 9.97 Å². The van der Waals surface area contributed by atoms with Crippen LogP contribution in [0.2, 0.25) is 5.28 Å². The van der Waals surface area contributed by atoms with Crippen molar-refractivity contribution < 1.29 is 5.11 Å². The maximum absolute atomic E-state index is 9.46. The van der Waals surface area contributed by atoms with Crippen LogP contribution >= 0.6 is 22.9 Å². The van der Waals surface area contributed by atoms with Crippen LogP contribution in [0.5, 0.6) is 0 Å². The van der Waals surface area contributed by atoms with Crippen molar-refractivity contribution in [2.24, 2.45) is 0 Å². The minimum Gasteiger partial charge on any atom is -0.394 e. The highest BCUT2D eigenvalue weighted by Gasteiger charge is 2.17. The van der Waals surface area contributed by atoms with E-state index in [4.69, 9.17) is 11.6 Å². The van der Waals surface area contributed by atoms with Gasteiger partial charge in [-0.3, -0.25) is 0 Å². The molecule has 0 saturated carbocycles. The van der Waals surface area contributed by atoms with E-state index in [1.165, 1.54) is 5.56 Å². The van der Waals surface area contributed by atoms with E-state index in [0.29, 0.717) is 5.82 Å². The number of aliphatic hydroxyl groups is 1. The normalized spacial score (nSPS) is 12.5. The van der Waals surface area contributed by atoms with Crippen LogP contribution in [0.3, 0.4) is 0 Å². The van der Waals surface area contributed by atoms with E-state index < -0.39 is 0 Å². The zero-order chi connectivity index (χ0) is 16.4. The summed E-state index contributed by atoms with van der Waals surface area (Å²) >= 11 is 7.60. The lowest BCUT2D eigenvalue weighted by Gasteiger charge is -2.16. The molecule has 3 rings (SSSR count). The zero-order valence-corrected chi connectivity index (χ0v) is 14.6. The van der Waals surface area contributed by atoms with Gasteiger partial charge in [-0.05, 0) is 30.5 Å². The second-order valence-electron chi connectivity index (χ2n) is 5.47. The van der Waals surface area contributed by atoms with Gasteiger partial charge in [0, 0.05) is 10.9 Å². The van der Waals surface area contributed by atoms with Gasteiger partial charge in [0.15, 0.2) is 0 Å². The number of aromatic nitrogens is 2. The summed E-state index contributed by atoms with van der Waals surface area (Å²) in [6.07, 6.45) is 0.795. The Morgan fingerprint density at radius 2 is 2.00 bits per heavy atom. The van der Waals surface area contributed by atoms with Gasteiger partial charge >= 0.3 is 0 Å². The van der Waals surface area contributed by atoms with Gasteiger partial charge in [0.1, 0.15) is 10.6 Å².